The van der Waals surface area contributed by atoms with Crippen molar-refractivity contribution in [3.8, 4) is 0 Å². The Balaban J connectivity index is 2.41. The third-order valence-electron chi connectivity index (χ3n) is 9.72. The van der Waals surface area contributed by atoms with E-state index in [9.17, 15) is 19.4 Å². The molecule has 0 saturated carbocycles. The second-order valence-electron chi connectivity index (χ2n) is 16.1. The number of aliphatic hydroxyl groups excluding tert-OH is 1. The lowest BCUT2D eigenvalue weighted by Gasteiger charge is -2.25. The van der Waals surface area contributed by atoms with Crippen LogP contribution in [0, 0.1) is 0 Å². The Hall–Kier alpha value is -1.58. The molecule has 3 N–H and O–H groups in total. The number of carbonyl (C=O) groups excluding carboxylic acids is 1. The maximum atomic E-state index is 12.9. The molecule has 314 valence electrons. The Bertz CT molecular complexity index is 1090. The number of phosphoric acid groups is 1. The first kappa shape index (κ1) is 50.4. The van der Waals surface area contributed by atoms with Crippen LogP contribution in [0.1, 0.15) is 162 Å². The Morgan fingerprint density at radius 1 is 0.741 bits per heavy atom. The van der Waals surface area contributed by atoms with Gasteiger partial charge >= 0.3 is 7.82 Å². The van der Waals surface area contributed by atoms with Gasteiger partial charge in [-0.25, -0.2) is 4.57 Å². The van der Waals surface area contributed by atoms with E-state index in [1.165, 1.54) is 89.9 Å². The minimum absolute atomic E-state index is 0.0456. The number of ether oxygens (including phenoxy) is 1. The lowest BCUT2D eigenvalue weighted by Crippen LogP contribution is -2.45. The number of hydrogen-bond acceptors (Lipinski definition) is 6. The number of carbonyl (C=O) groups is 1. The summed E-state index contributed by atoms with van der Waals surface area (Å²) in [7, 11) is 1.52. The minimum atomic E-state index is -4.36. The van der Waals surface area contributed by atoms with Crippen LogP contribution in [0.2, 0.25) is 0 Å². The van der Waals surface area contributed by atoms with Crippen LogP contribution in [0.4, 0.5) is 0 Å². The van der Waals surface area contributed by atoms with Gasteiger partial charge in [-0.3, -0.25) is 13.8 Å². The second kappa shape index (κ2) is 32.5. The van der Waals surface area contributed by atoms with E-state index in [0.29, 0.717) is 17.4 Å². The van der Waals surface area contributed by atoms with E-state index in [1.807, 2.05) is 27.2 Å². The zero-order chi connectivity index (χ0) is 39.8. The molecule has 1 amide bonds. The number of nitrogens with one attached hydrogen (secondary N) is 1. The Morgan fingerprint density at radius 3 is 1.91 bits per heavy atom. The summed E-state index contributed by atoms with van der Waals surface area (Å²) in [5.41, 5.74) is 0. The SMILES string of the molecule is CCCCC/C=C\C/C=C\C/C=C\CC1OC1CCCC(=O)N[C@@H](COP(=O)(O)OCC[N+](C)(C)C)[C@H](O)/C=C/CCCCCCCCCCCCCC. The number of allylic oxidation sites excluding steroid dienone is 6. The average Bonchev–Trinajstić information content (AvgIpc) is 3.87. The molecule has 3 unspecified atom stereocenters. The first-order valence-corrected chi connectivity index (χ1v) is 23.1. The maximum Gasteiger partial charge on any atom is 0.472 e. The maximum absolute atomic E-state index is 12.9. The topological polar surface area (TPSA) is 118 Å². The monoisotopic (exact) mass is 782 g/mol. The van der Waals surface area contributed by atoms with Crippen LogP contribution >= 0.6 is 7.82 Å². The minimum Gasteiger partial charge on any atom is -0.387 e. The van der Waals surface area contributed by atoms with E-state index in [-0.39, 0.29) is 37.7 Å². The Labute approximate surface area is 331 Å². The second-order valence-corrected chi connectivity index (χ2v) is 17.6. The lowest BCUT2D eigenvalue weighted by molar-refractivity contribution is -0.870. The van der Waals surface area contributed by atoms with Gasteiger partial charge in [0.2, 0.25) is 5.91 Å². The van der Waals surface area contributed by atoms with E-state index < -0.39 is 20.0 Å². The fraction of sp³-hybridized carbons (Fsp3) is 0.795. The molecule has 1 fully saturated rings. The number of likely N-dealkylation sites (N-methyl/N-ethyl adjacent to an activating group) is 1. The third kappa shape index (κ3) is 31.6. The van der Waals surface area contributed by atoms with Gasteiger partial charge in [0, 0.05) is 6.42 Å². The first-order chi connectivity index (χ1) is 26.0. The fourth-order valence-corrected chi connectivity index (χ4v) is 6.86. The van der Waals surface area contributed by atoms with E-state index >= 15 is 0 Å². The van der Waals surface area contributed by atoms with Crippen molar-refractivity contribution in [1.29, 1.82) is 0 Å². The molecular weight excluding hydrogens is 699 g/mol. The van der Waals surface area contributed by atoms with Crippen molar-refractivity contribution in [1.82, 2.24) is 5.32 Å². The molecule has 1 saturated heterocycles. The highest BCUT2D eigenvalue weighted by Crippen LogP contribution is 2.43. The van der Waals surface area contributed by atoms with Gasteiger partial charge in [-0.15, -0.1) is 0 Å². The molecule has 5 atom stereocenters. The summed E-state index contributed by atoms with van der Waals surface area (Å²) in [5.74, 6) is -0.240. The fourth-order valence-electron chi connectivity index (χ4n) is 6.13. The normalized spacial score (nSPS) is 18.6. The molecule has 54 heavy (non-hydrogen) atoms. The lowest BCUT2D eigenvalue weighted by atomic mass is 10.0. The molecule has 0 spiro atoms. The molecule has 0 aliphatic carbocycles. The van der Waals surface area contributed by atoms with Gasteiger partial charge in [0.15, 0.2) is 0 Å². The van der Waals surface area contributed by atoms with Crippen molar-refractivity contribution in [2.45, 2.75) is 186 Å². The highest BCUT2D eigenvalue weighted by Gasteiger charge is 2.36. The number of rotatable bonds is 37. The van der Waals surface area contributed by atoms with Crippen LogP contribution in [0.25, 0.3) is 0 Å². The molecule has 0 aromatic rings. The molecular formula is C44H82N2O7P+. The largest absolute Gasteiger partial charge is 0.472 e. The number of aliphatic hydroxyl groups is 1. The van der Waals surface area contributed by atoms with Crippen LogP contribution in [0.5, 0.6) is 0 Å². The van der Waals surface area contributed by atoms with Gasteiger partial charge in [0.05, 0.1) is 52.1 Å². The Morgan fingerprint density at radius 2 is 1.28 bits per heavy atom. The van der Waals surface area contributed by atoms with Crippen LogP contribution in [0.3, 0.4) is 0 Å². The molecule has 0 aromatic carbocycles. The zero-order valence-corrected chi connectivity index (χ0v) is 36.0. The first-order valence-electron chi connectivity index (χ1n) is 21.6. The van der Waals surface area contributed by atoms with Crippen LogP contribution in [0.15, 0.2) is 48.6 Å². The number of amides is 1. The molecule has 1 rings (SSSR count). The predicted molar refractivity (Wildman–Crippen MR) is 225 cm³/mol. The summed E-state index contributed by atoms with van der Waals surface area (Å²) in [6.07, 6.45) is 41.9. The van der Waals surface area contributed by atoms with Gasteiger partial charge in [-0.1, -0.05) is 146 Å². The van der Waals surface area contributed by atoms with Gasteiger partial charge in [0.25, 0.3) is 0 Å². The van der Waals surface area contributed by atoms with Crippen molar-refractivity contribution in [3.05, 3.63) is 48.6 Å². The number of hydrogen-bond donors (Lipinski definition) is 3. The summed E-state index contributed by atoms with van der Waals surface area (Å²) in [4.78, 5) is 23.2. The van der Waals surface area contributed by atoms with Gasteiger partial charge < -0.3 is 24.5 Å². The van der Waals surface area contributed by atoms with E-state index in [4.69, 9.17) is 13.8 Å². The molecule has 10 heteroatoms. The van der Waals surface area contributed by atoms with Crippen molar-refractivity contribution in [2.24, 2.45) is 0 Å². The summed E-state index contributed by atoms with van der Waals surface area (Å²) in [6.45, 7) is 4.70. The quantitative estimate of drug-likeness (QED) is 0.0189. The summed E-state index contributed by atoms with van der Waals surface area (Å²) in [5, 5.41) is 13.8. The highest BCUT2D eigenvalue weighted by atomic mass is 31.2. The Kier molecular flexibility index (Phi) is 30.4. The van der Waals surface area contributed by atoms with Gasteiger partial charge in [0.1, 0.15) is 13.2 Å². The summed E-state index contributed by atoms with van der Waals surface area (Å²) < 4.78 is 29.3. The molecule has 0 radical (unpaired) electrons. The van der Waals surface area contributed by atoms with E-state index in [1.54, 1.807) is 6.08 Å². The smallest absolute Gasteiger partial charge is 0.387 e. The van der Waals surface area contributed by atoms with Gasteiger partial charge in [-0.2, -0.15) is 0 Å². The third-order valence-corrected chi connectivity index (χ3v) is 10.7. The van der Waals surface area contributed by atoms with Crippen molar-refractivity contribution >= 4 is 13.7 Å². The summed E-state index contributed by atoms with van der Waals surface area (Å²) >= 11 is 0. The number of quaternary nitrogens is 1. The average molecular weight is 782 g/mol. The van der Waals surface area contributed by atoms with E-state index in [2.05, 4.69) is 55.6 Å². The van der Waals surface area contributed by atoms with Crippen molar-refractivity contribution < 1.29 is 37.6 Å². The molecule has 0 bridgehead atoms. The standard InChI is InChI=1S/C44H81N2O7P/c1-6-8-10-12-14-16-18-20-21-22-24-26-28-30-33-41(47)40(39-52-54(49,50)51-38-37-46(3,4)5)45-44(48)36-32-35-43-42(53-43)34-31-29-27-25-23-19-17-15-13-11-9-7-2/h15,17,23,25,29-31,33,40-43,47H,6-14,16,18-22,24,26-28,32,34-39H2,1-5H3,(H-,45,48,49,50)/p+1/b17-15-,25-23-,31-29-,33-30+/t40-,41+,42?,43?/m0/s1. The van der Waals surface area contributed by atoms with Crippen molar-refractivity contribution in [2.75, 3.05) is 40.9 Å². The van der Waals surface area contributed by atoms with Gasteiger partial charge in [-0.05, 0) is 57.8 Å². The number of unbranched alkanes of at least 4 members (excludes halogenated alkanes) is 15. The number of phosphoric ester groups is 1. The molecule has 1 aliphatic heterocycles. The van der Waals surface area contributed by atoms with E-state index in [0.717, 1.165) is 44.9 Å². The number of epoxide rings is 1. The van der Waals surface area contributed by atoms with Crippen LogP contribution < -0.4 is 5.32 Å². The predicted octanol–water partition coefficient (Wildman–Crippen LogP) is 10.7. The van der Waals surface area contributed by atoms with Crippen LogP contribution in [-0.4, -0.2) is 85.6 Å². The van der Waals surface area contributed by atoms with Crippen LogP contribution in [-0.2, 0) is 23.1 Å². The number of nitrogens with zero attached hydrogens (tertiary/aromatic N) is 1. The molecule has 1 aliphatic rings. The summed E-state index contributed by atoms with van der Waals surface area (Å²) in [6, 6.07) is -0.885. The molecule has 9 nitrogen and oxygen atoms in total. The zero-order valence-electron chi connectivity index (χ0n) is 35.1. The van der Waals surface area contributed by atoms with Crippen molar-refractivity contribution in [3.63, 3.8) is 0 Å². The highest BCUT2D eigenvalue weighted by molar-refractivity contribution is 7.47. The molecule has 0 aromatic heterocycles. The molecule has 1 heterocycles.